The van der Waals surface area contributed by atoms with Crippen molar-refractivity contribution in [3.05, 3.63) is 71.8 Å². The summed E-state index contributed by atoms with van der Waals surface area (Å²) in [6.45, 7) is 3.28. The van der Waals surface area contributed by atoms with Crippen molar-refractivity contribution in [3.8, 4) is 0 Å². The summed E-state index contributed by atoms with van der Waals surface area (Å²) in [6.07, 6.45) is -0.231. The summed E-state index contributed by atoms with van der Waals surface area (Å²) in [5.74, 6) is -2.05. The lowest BCUT2D eigenvalue weighted by molar-refractivity contribution is -0.188. The van der Waals surface area contributed by atoms with Gasteiger partial charge in [0.25, 0.3) is 11.8 Å². The summed E-state index contributed by atoms with van der Waals surface area (Å²) >= 11 is 0. The fourth-order valence-electron chi connectivity index (χ4n) is 3.91. The molecule has 0 saturated carbocycles. The molecule has 2 aromatic rings. The van der Waals surface area contributed by atoms with Gasteiger partial charge in [0.05, 0.1) is 6.04 Å². The zero-order valence-corrected chi connectivity index (χ0v) is 21.6. The second kappa shape index (κ2) is 14.0. The van der Waals surface area contributed by atoms with Crippen molar-refractivity contribution in [3.63, 3.8) is 0 Å². The Labute approximate surface area is 221 Å². The molecule has 4 amide bonds. The maximum atomic E-state index is 13.3. The van der Waals surface area contributed by atoms with Gasteiger partial charge in [-0.2, -0.15) is 5.06 Å². The molecule has 10 nitrogen and oxygen atoms in total. The van der Waals surface area contributed by atoms with Crippen LogP contribution in [0.3, 0.4) is 0 Å². The molecule has 38 heavy (non-hydrogen) atoms. The highest BCUT2D eigenvalue weighted by molar-refractivity contribution is 6.01. The standard InChI is InChI=1S/C28H33N3O7/c1-19(2)15-23(30-28(36)37-17-21-11-7-4-8-12-21)27(35)29-22(16-20-9-5-3-6-10-20)24(32)18-38-31-25(33)13-14-26(31)34/h3-12,19,22-23H,13-18H2,1-2H3,(H,29,35)(H,30,36). The Morgan fingerprint density at radius 1 is 0.842 bits per heavy atom. The first-order valence-electron chi connectivity index (χ1n) is 12.6. The Kier molecular flexibility index (Phi) is 10.5. The largest absolute Gasteiger partial charge is 0.445 e. The van der Waals surface area contributed by atoms with E-state index in [4.69, 9.17) is 9.57 Å². The summed E-state index contributed by atoms with van der Waals surface area (Å²) in [6, 6.07) is 16.2. The van der Waals surface area contributed by atoms with Gasteiger partial charge >= 0.3 is 6.09 Å². The van der Waals surface area contributed by atoms with Crippen LogP contribution in [-0.2, 0) is 41.8 Å². The van der Waals surface area contributed by atoms with E-state index in [0.29, 0.717) is 11.5 Å². The molecule has 3 rings (SSSR count). The van der Waals surface area contributed by atoms with Crippen molar-refractivity contribution in [2.45, 2.75) is 58.2 Å². The van der Waals surface area contributed by atoms with Crippen molar-refractivity contribution >= 4 is 29.6 Å². The van der Waals surface area contributed by atoms with Gasteiger partial charge in [0.15, 0.2) is 5.78 Å². The van der Waals surface area contributed by atoms with E-state index in [2.05, 4.69) is 10.6 Å². The van der Waals surface area contributed by atoms with Crippen LogP contribution in [0.2, 0.25) is 0 Å². The van der Waals surface area contributed by atoms with Gasteiger partial charge in [0, 0.05) is 12.8 Å². The number of carbonyl (C=O) groups is 5. The molecular weight excluding hydrogens is 490 g/mol. The molecule has 202 valence electrons. The molecule has 1 heterocycles. The van der Waals surface area contributed by atoms with Crippen molar-refractivity contribution in [2.24, 2.45) is 5.92 Å². The van der Waals surface area contributed by atoms with Gasteiger partial charge in [-0.05, 0) is 29.9 Å². The molecule has 2 atom stereocenters. The molecule has 2 aromatic carbocycles. The van der Waals surface area contributed by atoms with Crippen LogP contribution in [0.15, 0.2) is 60.7 Å². The summed E-state index contributed by atoms with van der Waals surface area (Å²) < 4.78 is 5.27. The highest BCUT2D eigenvalue weighted by Gasteiger charge is 2.33. The third-order valence-electron chi connectivity index (χ3n) is 5.86. The topological polar surface area (TPSA) is 131 Å². The number of imide groups is 1. The Morgan fingerprint density at radius 3 is 2.00 bits per heavy atom. The zero-order valence-electron chi connectivity index (χ0n) is 21.6. The van der Waals surface area contributed by atoms with Gasteiger partial charge in [0.1, 0.15) is 19.3 Å². The molecule has 1 fully saturated rings. The van der Waals surface area contributed by atoms with Crippen LogP contribution in [0.5, 0.6) is 0 Å². The van der Waals surface area contributed by atoms with E-state index in [9.17, 15) is 24.0 Å². The minimum absolute atomic E-state index is 0.0279. The van der Waals surface area contributed by atoms with E-state index in [0.717, 1.165) is 11.1 Å². The molecule has 0 aliphatic carbocycles. The van der Waals surface area contributed by atoms with Crippen LogP contribution >= 0.6 is 0 Å². The molecule has 1 saturated heterocycles. The average molecular weight is 524 g/mol. The number of alkyl carbamates (subject to hydrolysis) is 1. The lowest BCUT2D eigenvalue weighted by Crippen LogP contribution is -2.53. The van der Waals surface area contributed by atoms with Crippen molar-refractivity contribution in [1.82, 2.24) is 15.7 Å². The number of benzene rings is 2. The molecule has 0 bridgehead atoms. The van der Waals surface area contributed by atoms with Gasteiger partial charge in [-0.25, -0.2) is 4.79 Å². The zero-order chi connectivity index (χ0) is 27.5. The predicted octanol–water partition coefficient (Wildman–Crippen LogP) is 2.70. The maximum absolute atomic E-state index is 13.3. The Balaban J connectivity index is 1.66. The molecular formula is C28H33N3O7. The van der Waals surface area contributed by atoms with E-state index in [1.54, 1.807) is 0 Å². The summed E-state index contributed by atoms with van der Waals surface area (Å²) in [7, 11) is 0. The second-order valence-corrected chi connectivity index (χ2v) is 9.46. The summed E-state index contributed by atoms with van der Waals surface area (Å²) in [5, 5.41) is 5.92. The smallest absolute Gasteiger partial charge is 0.408 e. The molecule has 1 aliphatic rings. The van der Waals surface area contributed by atoms with Crippen LogP contribution in [0.25, 0.3) is 0 Å². The minimum atomic E-state index is -1.02. The summed E-state index contributed by atoms with van der Waals surface area (Å²) in [5.41, 5.74) is 1.59. The first kappa shape index (κ1) is 28.5. The molecule has 2 unspecified atom stereocenters. The lowest BCUT2D eigenvalue weighted by Gasteiger charge is -2.24. The number of nitrogens with one attached hydrogen (secondary N) is 2. The maximum Gasteiger partial charge on any atom is 0.408 e. The number of hydrogen-bond acceptors (Lipinski definition) is 7. The first-order chi connectivity index (χ1) is 18.2. The highest BCUT2D eigenvalue weighted by atomic mass is 16.7. The van der Waals surface area contributed by atoms with Crippen LogP contribution in [-0.4, -0.2) is 53.4 Å². The molecule has 0 aromatic heterocycles. The van der Waals surface area contributed by atoms with Crippen molar-refractivity contribution in [1.29, 1.82) is 0 Å². The first-order valence-corrected chi connectivity index (χ1v) is 12.6. The molecule has 0 radical (unpaired) electrons. The van der Waals surface area contributed by atoms with Crippen molar-refractivity contribution in [2.75, 3.05) is 6.61 Å². The van der Waals surface area contributed by atoms with E-state index >= 15 is 0 Å². The number of hydrogen-bond donors (Lipinski definition) is 2. The van der Waals surface area contributed by atoms with Crippen LogP contribution in [0.4, 0.5) is 4.79 Å². The quantitative estimate of drug-likeness (QED) is 0.386. The Hall–Kier alpha value is -4.05. The number of ether oxygens (including phenoxy) is 1. The van der Waals surface area contributed by atoms with E-state index in [-0.39, 0.29) is 31.8 Å². The van der Waals surface area contributed by atoms with Crippen molar-refractivity contribution < 1.29 is 33.5 Å². The average Bonchev–Trinajstić information content (AvgIpc) is 3.22. The lowest BCUT2D eigenvalue weighted by atomic mass is 10.00. The van der Waals surface area contributed by atoms with Crippen LogP contribution in [0, 0.1) is 5.92 Å². The van der Waals surface area contributed by atoms with E-state index < -0.39 is 48.3 Å². The fraction of sp³-hybridized carbons (Fsp3) is 0.393. The van der Waals surface area contributed by atoms with E-state index in [1.165, 1.54) is 0 Å². The number of hydroxylamine groups is 2. The summed E-state index contributed by atoms with van der Waals surface area (Å²) in [4.78, 5) is 67.6. The fourth-order valence-corrected chi connectivity index (χ4v) is 3.91. The number of amides is 4. The predicted molar refractivity (Wildman–Crippen MR) is 137 cm³/mol. The van der Waals surface area contributed by atoms with Gasteiger partial charge < -0.3 is 15.4 Å². The Bertz CT molecular complexity index is 1110. The number of ketones is 1. The van der Waals surface area contributed by atoms with Crippen LogP contribution < -0.4 is 10.6 Å². The molecule has 2 N–H and O–H groups in total. The number of nitrogens with zero attached hydrogens (tertiary/aromatic N) is 1. The second-order valence-electron chi connectivity index (χ2n) is 9.46. The van der Waals surface area contributed by atoms with Gasteiger partial charge in [-0.1, -0.05) is 74.5 Å². The van der Waals surface area contributed by atoms with Crippen LogP contribution in [0.1, 0.15) is 44.2 Å². The third kappa shape index (κ3) is 8.81. The number of Topliss-reactive ketones (excluding diaryl/α,β-unsaturated/α-hetero) is 1. The third-order valence-corrected chi connectivity index (χ3v) is 5.86. The SMILES string of the molecule is CC(C)CC(NC(=O)OCc1ccccc1)C(=O)NC(Cc1ccccc1)C(=O)CON1C(=O)CCC1=O. The normalized spacial score (nSPS) is 14.8. The Morgan fingerprint density at radius 2 is 1.42 bits per heavy atom. The number of rotatable bonds is 13. The van der Waals surface area contributed by atoms with Gasteiger partial charge in [0.2, 0.25) is 5.91 Å². The molecule has 1 aliphatic heterocycles. The van der Waals surface area contributed by atoms with Gasteiger partial charge in [-0.15, -0.1) is 0 Å². The molecule has 0 spiro atoms. The molecule has 10 heteroatoms. The number of carbonyl (C=O) groups excluding carboxylic acids is 5. The minimum Gasteiger partial charge on any atom is -0.445 e. The highest BCUT2D eigenvalue weighted by Crippen LogP contribution is 2.13. The van der Waals surface area contributed by atoms with Gasteiger partial charge in [-0.3, -0.25) is 24.0 Å². The van der Waals surface area contributed by atoms with E-state index in [1.807, 2.05) is 74.5 Å². The monoisotopic (exact) mass is 523 g/mol.